The molecule has 21 heavy (non-hydrogen) atoms. The molecule has 0 bridgehead atoms. The van der Waals surface area contributed by atoms with Gasteiger partial charge in [-0.3, -0.25) is 9.08 Å². The summed E-state index contributed by atoms with van der Waals surface area (Å²) in [5.74, 6) is 0. The molecule has 3 aromatic heterocycles. The van der Waals surface area contributed by atoms with E-state index >= 15 is 0 Å². The monoisotopic (exact) mass is 303 g/mol. The van der Waals surface area contributed by atoms with Crippen LogP contribution in [0.3, 0.4) is 0 Å². The highest BCUT2D eigenvalue weighted by Crippen LogP contribution is 2.21. The standard InChI is InChI=1S/C15H21N5S/c1-4-11-9-14(20(5-2)18-11)13(16-3)8-12-10-19-6-7-21-15(19)17-12/h6-7,9-10,13,16H,4-5,8H2,1-3H3. The van der Waals surface area contributed by atoms with Gasteiger partial charge in [-0.2, -0.15) is 5.10 Å². The van der Waals surface area contributed by atoms with Crippen LogP contribution < -0.4 is 5.32 Å². The molecule has 1 N–H and O–H groups in total. The Hall–Kier alpha value is -1.66. The Morgan fingerprint density at radius 1 is 1.33 bits per heavy atom. The lowest BCUT2D eigenvalue weighted by Crippen LogP contribution is -2.22. The van der Waals surface area contributed by atoms with Crippen molar-refractivity contribution in [3.63, 3.8) is 0 Å². The van der Waals surface area contributed by atoms with E-state index in [4.69, 9.17) is 0 Å². The van der Waals surface area contributed by atoms with Crippen LogP contribution in [0.25, 0.3) is 4.96 Å². The predicted octanol–water partition coefficient (Wildman–Crippen LogP) is 2.68. The zero-order valence-corrected chi connectivity index (χ0v) is 13.5. The van der Waals surface area contributed by atoms with Crippen LogP contribution in [0.4, 0.5) is 0 Å². The van der Waals surface area contributed by atoms with E-state index in [1.807, 2.05) is 7.05 Å². The zero-order valence-electron chi connectivity index (χ0n) is 12.7. The fourth-order valence-electron chi connectivity index (χ4n) is 2.63. The number of nitrogens with zero attached hydrogens (tertiary/aromatic N) is 4. The van der Waals surface area contributed by atoms with E-state index in [2.05, 4.69) is 62.2 Å². The molecule has 6 heteroatoms. The van der Waals surface area contributed by atoms with Gasteiger partial charge in [-0.05, 0) is 26.5 Å². The molecule has 0 saturated heterocycles. The Kier molecular flexibility index (Phi) is 4.07. The van der Waals surface area contributed by atoms with E-state index < -0.39 is 0 Å². The van der Waals surface area contributed by atoms with Crippen molar-refractivity contribution in [2.75, 3.05) is 7.05 Å². The summed E-state index contributed by atoms with van der Waals surface area (Å²) in [6, 6.07) is 2.45. The van der Waals surface area contributed by atoms with Gasteiger partial charge in [-0.1, -0.05) is 6.92 Å². The van der Waals surface area contributed by atoms with Gasteiger partial charge in [0, 0.05) is 30.7 Å². The van der Waals surface area contributed by atoms with Crippen LogP contribution in [0.15, 0.2) is 23.8 Å². The van der Waals surface area contributed by atoms with E-state index in [1.54, 1.807) is 11.3 Å². The third kappa shape index (κ3) is 2.73. The van der Waals surface area contributed by atoms with Crippen LogP contribution >= 0.6 is 11.3 Å². The molecule has 1 unspecified atom stereocenters. The number of imidazole rings is 1. The normalized spacial score (nSPS) is 13.1. The molecule has 3 aromatic rings. The fourth-order valence-corrected chi connectivity index (χ4v) is 3.35. The smallest absolute Gasteiger partial charge is 0.193 e. The summed E-state index contributed by atoms with van der Waals surface area (Å²) in [4.78, 5) is 5.73. The molecular weight excluding hydrogens is 282 g/mol. The Morgan fingerprint density at radius 2 is 2.19 bits per heavy atom. The van der Waals surface area contributed by atoms with Crippen LogP contribution in [0, 0.1) is 0 Å². The van der Waals surface area contributed by atoms with Crippen LogP contribution in [0.5, 0.6) is 0 Å². The molecule has 0 spiro atoms. The third-order valence-electron chi connectivity index (χ3n) is 3.79. The van der Waals surface area contributed by atoms with Crippen molar-refractivity contribution in [1.82, 2.24) is 24.5 Å². The molecule has 3 heterocycles. The van der Waals surface area contributed by atoms with Crippen molar-refractivity contribution in [2.24, 2.45) is 0 Å². The third-order valence-corrected chi connectivity index (χ3v) is 4.56. The Morgan fingerprint density at radius 3 is 2.86 bits per heavy atom. The van der Waals surface area contributed by atoms with Crippen molar-refractivity contribution in [3.8, 4) is 0 Å². The molecule has 1 atom stereocenters. The highest BCUT2D eigenvalue weighted by molar-refractivity contribution is 7.15. The van der Waals surface area contributed by atoms with Crippen LogP contribution in [-0.2, 0) is 19.4 Å². The molecule has 0 fully saturated rings. The minimum atomic E-state index is 0.238. The van der Waals surface area contributed by atoms with Crippen LogP contribution in [0.1, 0.15) is 37.0 Å². The molecule has 0 radical (unpaired) electrons. The Bertz CT molecular complexity index is 695. The largest absolute Gasteiger partial charge is 0.311 e. The number of rotatable bonds is 6. The van der Waals surface area contributed by atoms with Crippen molar-refractivity contribution >= 4 is 16.3 Å². The molecule has 0 saturated carbocycles. The minimum Gasteiger partial charge on any atom is -0.311 e. The van der Waals surface area contributed by atoms with Crippen molar-refractivity contribution in [1.29, 1.82) is 0 Å². The number of aryl methyl sites for hydroxylation is 2. The van der Waals surface area contributed by atoms with Gasteiger partial charge in [0.2, 0.25) is 0 Å². The van der Waals surface area contributed by atoms with E-state index in [0.717, 1.165) is 35.7 Å². The highest BCUT2D eigenvalue weighted by atomic mass is 32.1. The molecule has 0 aromatic carbocycles. The average Bonchev–Trinajstić information content (AvgIpc) is 3.17. The first kappa shape index (κ1) is 14.3. The highest BCUT2D eigenvalue weighted by Gasteiger charge is 2.18. The second-order valence-corrected chi connectivity index (χ2v) is 5.97. The number of fused-ring (bicyclic) bond motifs is 1. The van der Waals surface area contributed by atoms with E-state index in [9.17, 15) is 0 Å². The summed E-state index contributed by atoms with van der Waals surface area (Å²) >= 11 is 1.67. The van der Waals surface area contributed by atoms with E-state index in [-0.39, 0.29) is 6.04 Å². The first-order valence-corrected chi connectivity index (χ1v) is 8.28. The molecule has 112 valence electrons. The number of hydrogen-bond donors (Lipinski definition) is 1. The number of aromatic nitrogens is 4. The number of likely N-dealkylation sites (N-methyl/N-ethyl adjacent to an activating group) is 1. The van der Waals surface area contributed by atoms with Crippen molar-refractivity contribution < 1.29 is 0 Å². The summed E-state index contributed by atoms with van der Waals surface area (Å²) < 4.78 is 4.18. The van der Waals surface area contributed by atoms with Crippen molar-refractivity contribution in [3.05, 3.63) is 40.9 Å². The second kappa shape index (κ2) is 5.99. The van der Waals surface area contributed by atoms with Gasteiger partial charge in [-0.15, -0.1) is 11.3 Å². The Labute approximate surface area is 128 Å². The van der Waals surface area contributed by atoms with Crippen LogP contribution in [0.2, 0.25) is 0 Å². The van der Waals surface area contributed by atoms with Gasteiger partial charge in [0.1, 0.15) is 0 Å². The van der Waals surface area contributed by atoms with E-state index in [0.29, 0.717) is 0 Å². The first-order valence-electron chi connectivity index (χ1n) is 7.40. The van der Waals surface area contributed by atoms with Gasteiger partial charge < -0.3 is 5.32 Å². The molecule has 0 amide bonds. The lowest BCUT2D eigenvalue weighted by molar-refractivity contribution is 0.509. The summed E-state index contributed by atoms with van der Waals surface area (Å²) in [7, 11) is 2.00. The molecule has 3 rings (SSSR count). The predicted molar refractivity (Wildman–Crippen MR) is 85.9 cm³/mol. The fraction of sp³-hybridized carbons (Fsp3) is 0.467. The summed E-state index contributed by atoms with van der Waals surface area (Å²) in [5, 5.41) is 10.1. The molecule has 0 aliphatic rings. The summed E-state index contributed by atoms with van der Waals surface area (Å²) in [5.41, 5.74) is 3.51. The first-order chi connectivity index (χ1) is 10.2. The van der Waals surface area contributed by atoms with Gasteiger partial charge in [0.05, 0.1) is 23.1 Å². The zero-order chi connectivity index (χ0) is 14.8. The van der Waals surface area contributed by atoms with Crippen LogP contribution in [-0.4, -0.2) is 26.2 Å². The SMILES string of the molecule is CCc1cc(C(Cc2cn3ccsc3n2)NC)n(CC)n1. The van der Waals surface area contributed by atoms with Gasteiger partial charge in [-0.25, -0.2) is 4.98 Å². The maximum Gasteiger partial charge on any atom is 0.193 e. The number of thiazole rings is 1. The lowest BCUT2D eigenvalue weighted by atomic mass is 10.1. The lowest BCUT2D eigenvalue weighted by Gasteiger charge is -2.16. The number of hydrogen-bond acceptors (Lipinski definition) is 4. The summed E-state index contributed by atoms with van der Waals surface area (Å²) in [6.45, 7) is 5.17. The molecule has 5 nitrogen and oxygen atoms in total. The second-order valence-electron chi connectivity index (χ2n) is 5.10. The van der Waals surface area contributed by atoms with Gasteiger partial charge >= 0.3 is 0 Å². The topological polar surface area (TPSA) is 47.1 Å². The Balaban J connectivity index is 1.87. The quantitative estimate of drug-likeness (QED) is 0.761. The molecule has 0 aliphatic heterocycles. The number of nitrogens with one attached hydrogen (secondary N) is 1. The minimum absolute atomic E-state index is 0.238. The van der Waals surface area contributed by atoms with Gasteiger partial charge in [0.15, 0.2) is 4.96 Å². The van der Waals surface area contributed by atoms with Gasteiger partial charge in [0.25, 0.3) is 0 Å². The van der Waals surface area contributed by atoms with Crippen molar-refractivity contribution in [2.45, 2.75) is 39.3 Å². The average molecular weight is 303 g/mol. The summed E-state index contributed by atoms with van der Waals surface area (Å²) in [6.07, 6.45) is 6.01. The maximum absolute atomic E-state index is 4.68. The van der Waals surface area contributed by atoms with E-state index in [1.165, 1.54) is 5.69 Å². The molecular formula is C15H21N5S. The molecule has 0 aliphatic carbocycles. The maximum atomic E-state index is 4.68.